The number of carbonyl (C=O) groups excluding carboxylic acids is 1. The van der Waals surface area contributed by atoms with Gasteiger partial charge in [0.2, 0.25) is 0 Å². The monoisotopic (exact) mass is 378 g/mol. The summed E-state index contributed by atoms with van der Waals surface area (Å²) in [6.07, 6.45) is 2.25. The third-order valence-corrected chi connectivity index (χ3v) is 5.32. The van der Waals surface area contributed by atoms with E-state index < -0.39 is 5.25 Å². The van der Waals surface area contributed by atoms with Gasteiger partial charge >= 0.3 is 5.97 Å². The predicted molar refractivity (Wildman–Crippen MR) is 105 cm³/mol. The third-order valence-electron chi connectivity index (χ3n) is 4.18. The standard InChI is InChI=1S/C20H18N4O2S/c1-2-26-19(25)17(12-14-8-4-3-5-9-14)27-20-23-22-18-15-10-6-7-11-16(15)21-13-24(18)20/h3-11,13,17H,2,12H2,1H3. The number of benzene rings is 2. The van der Waals surface area contributed by atoms with Crippen LogP contribution in [0.5, 0.6) is 0 Å². The molecule has 1 unspecified atom stereocenters. The number of hydrogen-bond acceptors (Lipinski definition) is 6. The van der Waals surface area contributed by atoms with Crippen LogP contribution in [0.2, 0.25) is 0 Å². The molecule has 4 rings (SSSR count). The third kappa shape index (κ3) is 3.64. The Labute approximate surface area is 160 Å². The van der Waals surface area contributed by atoms with Gasteiger partial charge in [0.15, 0.2) is 10.8 Å². The number of carbonyl (C=O) groups is 1. The molecule has 0 bridgehead atoms. The van der Waals surface area contributed by atoms with E-state index in [9.17, 15) is 4.79 Å². The number of nitrogens with zero attached hydrogens (tertiary/aromatic N) is 4. The van der Waals surface area contributed by atoms with Gasteiger partial charge in [0, 0.05) is 5.39 Å². The van der Waals surface area contributed by atoms with Gasteiger partial charge in [0.25, 0.3) is 0 Å². The maximum atomic E-state index is 12.5. The summed E-state index contributed by atoms with van der Waals surface area (Å²) in [5.74, 6) is -0.253. The van der Waals surface area contributed by atoms with Crippen LogP contribution in [-0.4, -0.2) is 37.4 Å². The molecule has 7 heteroatoms. The molecule has 0 saturated heterocycles. The Morgan fingerprint density at radius 3 is 2.70 bits per heavy atom. The fourth-order valence-electron chi connectivity index (χ4n) is 2.90. The van der Waals surface area contributed by atoms with Gasteiger partial charge in [-0.05, 0) is 31.0 Å². The van der Waals surface area contributed by atoms with Crippen LogP contribution < -0.4 is 0 Å². The van der Waals surface area contributed by atoms with Crippen molar-refractivity contribution in [2.24, 2.45) is 0 Å². The first kappa shape index (κ1) is 17.5. The van der Waals surface area contributed by atoms with Gasteiger partial charge in [-0.2, -0.15) is 0 Å². The zero-order valence-electron chi connectivity index (χ0n) is 14.8. The Morgan fingerprint density at radius 1 is 1.11 bits per heavy atom. The molecule has 27 heavy (non-hydrogen) atoms. The van der Waals surface area contributed by atoms with Crippen LogP contribution in [0.25, 0.3) is 16.6 Å². The lowest BCUT2D eigenvalue weighted by atomic mass is 10.1. The average Bonchev–Trinajstić information content (AvgIpc) is 3.12. The van der Waals surface area contributed by atoms with Crippen molar-refractivity contribution < 1.29 is 9.53 Å². The minimum absolute atomic E-state index is 0.253. The van der Waals surface area contributed by atoms with Crippen molar-refractivity contribution in [3.8, 4) is 0 Å². The largest absolute Gasteiger partial charge is 0.465 e. The maximum Gasteiger partial charge on any atom is 0.319 e. The Bertz CT molecular complexity index is 1080. The molecule has 2 heterocycles. The molecule has 2 aromatic carbocycles. The Kier molecular flexibility index (Phi) is 5.02. The van der Waals surface area contributed by atoms with E-state index in [1.54, 1.807) is 6.33 Å². The lowest BCUT2D eigenvalue weighted by Gasteiger charge is -2.14. The Hall–Kier alpha value is -2.93. The second-order valence-corrected chi connectivity index (χ2v) is 7.16. The van der Waals surface area contributed by atoms with E-state index >= 15 is 0 Å². The van der Waals surface area contributed by atoms with Crippen molar-refractivity contribution in [1.82, 2.24) is 19.6 Å². The van der Waals surface area contributed by atoms with Crippen molar-refractivity contribution in [1.29, 1.82) is 0 Å². The van der Waals surface area contributed by atoms with Crippen molar-refractivity contribution >= 4 is 34.3 Å². The molecule has 0 aliphatic carbocycles. The van der Waals surface area contributed by atoms with Crippen molar-refractivity contribution in [3.05, 3.63) is 66.5 Å². The second kappa shape index (κ2) is 7.75. The highest BCUT2D eigenvalue weighted by molar-refractivity contribution is 8.00. The van der Waals surface area contributed by atoms with E-state index in [4.69, 9.17) is 4.74 Å². The zero-order valence-corrected chi connectivity index (χ0v) is 15.6. The summed E-state index contributed by atoms with van der Waals surface area (Å²) in [6.45, 7) is 2.15. The fraction of sp³-hybridized carbons (Fsp3) is 0.200. The van der Waals surface area contributed by atoms with Crippen molar-refractivity contribution in [2.75, 3.05) is 6.61 Å². The van der Waals surface area contributed by atoms with E-state index in [0.29, 0.717) is 18.2 Å². The topological polar surface area (TPSA) is 69.4 Å². The molecule has 4 aromatic rings. The molecule has 0 fully saturated rings. The minimum Gasteiger partial charge on any atom is -0.465 e. The molecular formula is C20H18N4O2S. The summed E-state index contributed by atoms with van der Waals surface area (Å²) in [7, 11) is 0. The van der Waals surface area contributed by atoms with Crippen molar-refractivity contribution in [2.45, 2.75) is 23.8 Å². The number of fused-ring (bicyclic) bond motifs is 3. The summed E-state index contributed by atoms with van der Waals surface area (Å²) in [6, 6.07) is 17.7. The minimum atomic E-state index is -0.411. The quantitative estimate of drug-likeness (QED) is 0.378. The highest BCUT2D eigenvalue weighted by Crippen LogP contribution is 2.27. The van der Waals surface area contributed by atoms with Crippen LogP contribution in [0.15, 0.2) is 66.1 Å². The SMILES string of the molecule is CCOC(=O)C(Cc1ccccc1)Sc1nnc2c3ccccc3ncn12. The van der Waals surface area contributed by atoms with E-state index in [2.05, 4.69) is 15.2 Å². The van der Waals surface area contributed by atoms with E-state index in [1.165, 1.54) is 11.8 Å². The maximum absolute atomic E-state index is 12.5. The second-order valence-electron chi connectivity index (χ2n) is 5.99. The number of esters is 1. The van der Waals surface area contributed by atoms with Gasteiger partial charge in [0.1, 0.15) is 11.6 Å². The van der Waals surface area contributed by atoms with E-state index in [1.807, 2.05) is 65.9 Å². The highest BCUT2D eigenvalue weighted by atomic mass is 32.2. The summed E-state index contributed by atoms with van der Waals surface area (Å²) in [5.41, 5.74) is 2.66. The lowest BCUT2D eigenvalue weighted by Crippen LogP contribution is -2.23. The molecule has 1 atom stereocenters. The summed E-state index contributed by atoms with van der Waals surface area (Å²) < 4.78 is 7.10. The first-order chi connectivity index (χ1) is 13.3. The lowest BCUT2D eigenvalue weighted by molar-refractivity contribution is -0.142. The zero-order chi connectivity index (χ0) is 18.6. The first-order valence-electron chi connectivity index (χ1n) is 8.72. The molecular weight excluding hydrogens is 360 g/mol. The molecule has 0 amide bonds. The molecule has 0 aliphatic rings. The molecule has 0 aliphatic heterocycles. The Morgan fingerprint density at radius 2 is 1.89 bits per heavy atom. The summed E-state index contributed by atoms with van der Waals surface area (Å²) >= 11 is 1.35. The summed E-state index contributed by atoms with van der Waals surface area (Å²) in [4.78, 5) is 17.0. The average molecular weight is 378 g/mol. The smallest absolute Gasteiger partial charge is 0.319 e. The van der Waals surface area contributed by atoms with Gasteiger partial charge in [0.05, 0.1) is 12.1 Å². The molecule has 0 N–H and O–H groups in total. The molecule has 0 radical (unpaired) electrons. The van der Waals surface area contributed by atoms with E-state index in [0.717, 1.165) is 22.1 Å². The predicted octanol–water partition coefficient (Wildman–Crippen LogP) is 3.54. The van der Waals surface area contributed by atoms with E-state index in [-0.39, 0.29) is 5.97 Å². The summed E-state index contributed by atoms with van der Waals surface area (Å²) in [5, 5.41) is 9.75. The molecule has 0 saturated carbocycles. The first-order valence-corrected chi connectivity index (χ1v) is 9.60. The Balaban J connectivity index is 1.68. The van der Waals surface area contributed by atoms with Gasteiger partial charge in [-0.25, -0.2) is 4.98 Å². The number of rotatable bonds is 6. The van der Waals surface area contributed by atoms with Gasteiger partial charge in [-0.15, -0.1) is 10.2 Å². The van der Waals surface area contributed by atoms with Crippen molar-refractivity contribution in [3.63, 3.8) is 0 Å². The normalized spacial score (nSPS) is 12.3. The number of ether oxygens (including phenoxy) is 1. The van der Waals surface area contributed by atoms with Crippen LogP contribution >= 0.6 is 11.8 Å². The molecule has 0 spiro atoms. The van der Waals surface area contributed by atoms with Crippen LogP contribution in [-0.2, 0) is 16.0 Å². The number of aromatic nitrogens is 4. The molecule has 136 valence electrons. The molecule has 2 aromatic heterocycles. The van der Waals surface area contributed by atoms with Crippen LogP contribution in [0.1, 0.15) is 12.5 Å². The van der Waals surface area contributed by atoms with Crippen LogP contribution in [0, 0.1) is 0 Å². The number of para-hydroxylation sites is 1. The van der Waals surface area contributed by atoms with Gasteiger partial charge in [-0.1, -0.05) is 54.2 Å². The number of thioether (sulfide) groups is 1. The van der Waals surface area contributed by atoms with Crippen LogP contribution in [0.3, 0.4) is 0 Å². The van der Waals surface area contributed by atoms with Gasteiger partial charge in [-0.3, -0.25) is 9.20 Å². The number of hydrogen-bond donors (Lipinski definition) is 0. The van der Waals surface area contributed by atoms with Crippen LogP contribution in [0.4, 0.5) is 0 Å². The highest BCUT2D eigenvalue weighted by Gasteiger charge is 2.24. The van der Waals surface area contributed by atoms with Gasteiger partial charge < -0.3 is 4.74 Å². The molecule has 6 nitrogen and oxygen atoms in total. The fourth-order valence-corrected chi connectivity index (χ4v) is 3.93.